The summed E-state index contributed by atoms with van der Waals surface area (Å²) in [6.07, 6.45) is 4.05. The van der Waals surface area contributed by atoms with Crippen molar-refractivity contribution in [2.45, 2.75) is 52.6 Å². The molecule has 3 atom stereocenters. The monoisotopic (exact) mass is 337 g/mol. The molecule has 0 heterocycles. The number of fused-ring (bicyclic) bond motifs is 2. The summed E-state index contributed by atoms with van der Waals surface area (Å²) in [6.45, 7) is 8.24. The van der Waals surface area contributed by atoms with Gasteiger partial charge in [-0.2, -0.15) is 0 Å². The number of phenols is 1. The summed E-state index contributed by atoms with van der Waals surface area (Å²) in [6, 6.07) is 6.37. The summed E-state index contributed by atoms with van der Waals surface area (Å²) < 4.78 is 0.774. The van der Waals surface area contributed by atoms with Gasteiger partial charge in [-0.1, -0.05) is 26.8 Å². The Labute approximate surface area is 130 Å². The fourth-order valence-electron chi connectivity index (χ4n) is 4.41. The van der Waals surface area contributed by atoms with Crippen molar-refractivity contribution in [3.8, 4) is 5.75 Å². The van der Waals surface area contributed by atoms with Crippen LogP contribution in [0, 0.1) is 16.7 Å². The van der Waals surface area contributed by atoms with E-state index in [0.29, 0.717) is 22.6 Å². The maximum absolute atomic E-state index is 9.55. The van der Waals surface area contributed by atoms with Gasteiger partial charge in [-0.3, -0.25) is 0 Å². The molecular weight excluding hydrogens is 314 g/mol. The van der Waals surface area contributed by atoms with Crippen LogP contribution in [0.15, 0.2) is 22.7 Å². The lowest BCUT2D eigenvalue weighted by atomic mass is 9.69. The van der Waals surface area contributed by atoms with E-state index in [2.05, 4.69) is 42.0 Å². The first-order chi connectivity index (χ1) is 9.34. The molecular formula is C17H24BrNO. The number of benzene rings is 1. The Morgan fingerprint density at radius 3 is 2.65 bits per heavy atom. The minimum atomic E-state index is 0.307. The molecule has 1 aromatic rings. The molecule has 2 aliphatic rings. The average Bonchev–Trinajstić information content (AvgIpc) is 2.73. The van der Waals surface area contributed by atoms with Crippen LogP contribution in [-0.2, 0) is 6.54 Å². The molecule has 110 valence electrons. The number of aromatic hydroxyl groups is 1. The lowest BCUT2D eigenvalue weighted by Gasteiger charge is -2.39. The Balaban J connectivity index is 1.69. The molecule has 1 aromatic carbocycles. The van der Waals surface area contributed by atoms with Gasteiger partial charge in [-0.15, -0.1) is 0 Å². The van der Waals surface area contributed by atoms with Crippen molar-refractivity contribution in [2.75, 3.05) is 0 Å². The van der Waals surface area contributed by atoms with Gasteiger partial charge in [0, 0.05) is 12.6 Å². The zero-order valence-corrected chi connectivity index (χ0v) is 14.1. The van der Waals surface area contributed by atoms with Gasteiger partial charge in [-0.25, -0.2) is 0 Å². The van der Waals surface area contributed by atoms with E-state index in [9.17, 15) is 5.11 Å². The van der Waals surface area contributed by atoms with E-state index < -0.39 is 0 Å². The van der Waals surface area contributed by atoms with Crippen molar-refractivity contribution < 1.29 is 5.11 Å². The second-order valence-electron chi connectivity index (χ2n) is 7.33. The van der Waals surface area contributed by atoms with E-state index in [0.717, 1.165) is 16.9 Å². The predicted octanol–water partition coefficient (Wildman–Crippen LogP) is 4.46. The lowest BCUT2D eigenvalue weighted by molar-refractivity contribution is 0.120. The number of hydrogen-bond acceptors (Lipinski definition) is 2. The summed E-state index contributed by atoms with van der Waals surface area (Å²) in [4.78, 5) is 0. The first-order valence-electron chi connectivity index (χ1n) is 7.55. The molecule has 0 spiro atoms. The van der Waals surface area contributed by atoms with Gasteiger partial charge >= 0.3 is 0 Å². The van der Waals surface area contributed by atoms with Gasteiger partial charge in [0.15, 0.2) is 0 Å². The second kappa shape index (κ2) is 4.74. The third kappa shape index (κ3) is 2.01. The molecule has 20 heavy (non-hydrogen) atoms. The third-order valence-electron chi connectivity index (χ3n) is 6.36. The summed E-state index contributed by atoms with van der Waals surface area (Å²) in [7, 11) is 0. The van der Waals surface area contributed by atoms with E-state index in [4.69, 9.17) is 0 Å². The van der Waals surface area contributed by atoms with E-state index in [1.165, 1.54) is 24.8 Å². The molecule has 0 aromatic heterocycles. The summed E-state index contributed by atoms with van der Waals surface area (Å²) in [5.74, 6) is 1.18. The fourth-order valence-corrected chi connectivity index (χ4v) is 4.84. The van der Waals surface area contributed by atoms with Gasteiger partial charge in [0.25, 0.3) is 0 Å². The highest BCUT2D eigenvalue weighted by atomic mass is 79.9. The number of hydrogen-bond donors (Lipinski definition) is 2. The van der Waals surface area contributed by atoms with Crippen LogP contribution in [0.5, 0.6) is 5.75 Å². The molecule has 3 unspecified atom stereocenters. The highest BCUT2D eigenvalue weighted by molar-refractivity contribution is 9.10. The molecule has 2 nitrogen and oxygen atoms in total. The minimum absolute atomic E-state index is 0.307. The maximum atomic E-state index is 9.55. The van der Waals surface area contributed by atoms with Crippen LogP contribution in [0.2, 0.25) is 0 Å². The molecule has 2 bridgehead atoms. The van der Waals surface area contributed by atoms with E-state index >= 15 is 0 Å². The standard InChI is InChI=1S/C17H24BrNO/c1-16(2)12-6-7-17(16,3)15(9-12)19-10-11-4-5-14(20)13(18)8-11/h4-5,8,12,15,19-20H,6-7,9-10H2,1-3H3. The zero-order chi connectivity index (χ0) is 14.5. The average molecular weight is 338 g/mol. The fraction of sp³-hybridized carbons (Fsp3) is 0.647. The highest BCUT2D eigenvalue weighted by Crippen LogP contribution is 2.65. The summed E-state index contributed by atoms with van der Waals surface area (Å²) in [5, 5.41) is 13.3. The van der Waals surface area contributed by atoms with E-state index in [1.54, 1.807) is 6.07 Å². The predicted molar refractivity (Wildman–Crippen MR) is 85.7 cm³/mol. The molecule has 2 fully saturated rings. The van der Waals surface area contributed by atoms with Crippen LogP contribution in [0.3, 0.4) is 0 Å². The molecule has 3 rings (SSSR count). The van der Waals surface area contributed by atoms with Crippen molar-refractivity contribution in [3.63, 3.8) is 0 Å². The number of nitrogens with one attached hydrogen (secondary N) is 1. The van der Waals surface area contributed by atoms with Crippen molar-refractivity contribution in [1.82, 2.24) is 5.32 Å². The number of rotatable bonds is 3. The lowest BCUT2D eigenvalue weighted by Crippen LogP contribution is -2.44. The van der Waals surface area contributed by atoms with Gasteiger partial charge in [-0.05, 0) is 69.6 Å². The second-order valence-corrected chi connectivity index (χ2v) is 8.18. The smallest absolute Gasteiger partial charge is 0.129 e. The van der Waals surface area contributed by atoms with E-state index in [-0.39, 0.29) is 0 Å². The Bertz CT molecular complexity index is 528. The van der Waals surface area contributed by atoms with E-state index in [1.807, 2.05) is 12.1 Å². The Morgan fingerprint density at radius 1 is 1.35 bits per heavy atom. The van der Waals surface area contributed by atoms with Crippen molar-refractivity contribution >= 4 is 15.9 Å². The topological polar surface area (TPSA) is 32.3 Å². The SMILES string of the molecule is CC1(C)C2CCC1(C)C(NCc1ccc(O)c(Br)c1)C2. The summed E-state index contributed by atoms with van der Waals surface area (Å²) in [5.41, 5.74) is 2.10. The highest BCUT2D eigenvalue weighted by Gasteiger charge is 2.60. The van der Waals surface area contributed by atoms with Gasteiger partial charge in [0.2, 0.25) is 0 Å². The van der Waals surface area contributed by atoms with Crippen molar-refractivity contribution in [3.05, 3.63) is 28.2 Å². The number of halogens is 1. The largest absolute Gasteiger partial charge is 0.507 e. The van der Waals surface area contributed by atoms with Gasteiger partial charge in [0.05, 0.1) is 4.47 Å². The van der Waals surface area contributed by atoms with Crippen LogP contribution in [0.25, 0.3) is 0 Å². The quantitative estimate of drug-likeness (QED) is 0.853. The Kier molecular flexibility index (Phi) is 3.41. The Hall–Kier alpha value is -0.540. The maximum Gasteiger partial charge on any atom is 0.129 e. The third-order valence-corrected chi connectivity index (χ3v) is 6.99. The Morgan fingerprint density at radius 2 is 2.10 bits per heavy atom. The molecule has 0 saturated heterocycles. The van der Waals surface area contributed by atoms with Crippen LogP contribution in [0.1, 0.15) is 45.6 Å². The minimum Gasteiger partial charge on any atom is -0.507 e. The van der Waals surface area contributed by atoms with Crippen molar-refractivity contribution in [2.24, 2.45) is 16.7 Å². The van der Waals surface area contributed by atoms with Crippen LogP contribution >= 0.6 is 15.9 Å². The summed E-state index contributed by atoms with van der Waals surface area (Å²) >= 11 is 3.38. The number of phenolic OH excluding ortho intramolecular Hbond substituents is 1. The molecule has 0 radical (unpaired) electrons. The zero-order valence-electron chi connectivity index (χ0n) is 12.5. The van der Waals surface area contributed by atoms with Gasteiger partial charge in [0.1, 0.15) is 5.75 Å². The molecule has 2 saturated carbocycles. The van der Waals surface area contributed by atoms with Crippen LogP contribution in [-0.4, -0.2) is 11.1 Å². The first kappa shape index (κ1) is 14.4. The molecule has 2 aliphatic carbocycles. The van der Waals surface area contributed by atoms with Crippen molar-refractivity contribution in [1.29, 1.82) is 0 Å². The first-order valence-corrected chi connectivity index (χ1v) is 8.35. The van der Waals surface area contributed by atoms with Crippen LogP contribution < -0.4 is 5.32 Å². The normalized spacial score (nSPS) is 34.6. The van der Waals surface area contributed by atoms with Gasteiger partial charge < -0.3 is 10.4 Å². The molecule has 2 N–H and O–H groups in total. The molecule has 0 aliphatic heterocycles. The molecule has 0 amide bonds. The molecule has 3 heteroatoms. The van der Waals surface area contributed by atoms with Crippen LogP contribution in [0.4, 0.5) is 0 Å².